The zero-order valence-corrected chi connectivity index (χ0v) is 12.7. The molecule has 0 bridgehead atoms. The molecule has 2 N–H and O–H groups in total. The summed E-state index contributed by atoms with van der Waals surface area (Å²) in [5.74, 6) is 0.931. The van der Waals surface area contributed by atoms with E-state index in [0.717, 1.165) is 44.4 Å². The second-order valence-electron chi connectivity index (χ2n) is 6.02. The van der Waals surface area contributed by atoms with Crippen molar-refractivity contribution in [3.05, 3.63) is 29.3 Å². The van der Waals surface area contributed by atoms with E-state index >= 15 is 0 Å². The lowest BCUT2D eigenvalue weighted by molar-refractivity contribution is -0.133. The Bertz CT molecular complexity index is 526. The van der Waals surface area contributed by atoms with Crippen molar-refractivity contribution >= 4 is 5.91 Å². The van der Waals surface area contributed by atoms with Crippen molar-refractivity contribution in [1.29, 1.82) is 0 Å². The summed E-state index contributed by atoms with van der Waals surface area (Å²) in [6.45, 7) is 2.93. The highest BCUT2D eigenvalue weighted by Gasteiger charge is 2.31. The largest absolute Gasteiger partial charge is 0.483 e. The number of hydrogen-bond acceptors (Lipinski definition) is 3. The van der Waals surface area contributed by atoms with E-state index in [9.17, 15) is 4.79 Å². The van der Waals surface area contributed by atoms with Crippen LogP contribution in [0, 0.1) is 0 Å². The Morgan fingerprint density at radius 2 is 2.19 bits per heavy atom. The molecular weight excluding hydrogens is 264 g/mol. The molecule has 0 aliphatic heterocycles. The highest BCUT2D eigenvalue weighted by molar-refractivity contribution is 5.78. The minimum absolute atomic E-state index is 0.0951. The van der Waals surface area contributed by atoms with Crippen molar-refractivity contribution in [1.82, 2.24) is 4.90 Å². The molecule has 1 fully saturated rings. The lowest BCUT2D eigenvalue weighted by Crippen LogP contribution is -2.36. The Morgan fingerprint density at radius 1 is 1.38 bits per heavy atom. The maximum absolute atomic E-state index is 12.2. The van der Waals surface area contributed by atoms with Crippen LogP contribution in [0.2, 0.25) is 0 Å². The molecule has 4 heteroatoms. The number of ether oxygens (including phenoxy) is 1. The molecule has 4 nitrogen and oxygen atoms in total. The standard InChI is InChI=1S/C17H24N2O2/c1-2-19(12-9-10-12)17(20)11-21-16-8-4-5-13-14(16)6-3-7-15(13)18/h4-5,8,12,15H,2-3,6-7,9-11,18H2,1H3. The van der Waals surface area contributed by atoms with Gasteiger partial charge in [0.25, 0.3) is 5.91 Å². The molecule has 21 heavy (non-hydrogen) atoms. The number of carbonyl (C=O) groups is 1. The lowest BCUT2D eigenvalue weighted by Gasteiger charge is -2.25. The van der Waals surface area contributed by atoms with Gasteiger partial charge in [-0.15, -0.1) is 0 Å². The zero-order chi connectivity index (χ0) is 14.8. The van der Waals surface area contributed by atoms with Gasteiger partial charge in [0.05, 0.1) is 0 Å². The summed E-state index contributed by atoms with van der Waals surface area (Å²) in [4.78, 5) is 14.2. The quantitative estimate of drug-likeness (QED) is 0.905. The average molecular weight is 288 g/mol. The number of likely N-dealkylation sites (N-methyl/N-ethyl adjacent to an activating group) is 1. The van der Waals surface area contributed by atoms with Crippen LogP contribution < -0.4 is 10.5 Å². The van der Waals surface area contributed by atoms with Crippen LogP contribution in [-0.4, -0.2) is 30.0 Å². The first-order valence-electron chi connectivity index (χ1n) is 8.00. The first kappa shape index (κ1) is 14.4. The third kappa shape index (κ3) is 3.05. The summed E-state index contributed by atoms with van der Waals surface area (Å²) in [6, 6.07) is 6.56. The second kappa shape index (κ2) is 6.06. The summed E-state index contributed by atoms with van der Waals surface area (Å²) in [6.07, 6.45) is 5.38. The summed E-state index contributed by atoms with van der Waals surface area (Å²) >= 11 is 0. The SMILES string of the molecule is CCN(C(=O)COc1cccc2c1CCCC2N)C1CC1. The first-order chi connectivity index (χ1) is 10.2. The summed E-state index contributed by atoms with van der Waals surface area (Å²) in [7, 11) is 0. The van der Waals surface area contributed by atoms with E-state index in [1.807, 2.05) is 24.0 Å². The van der Waals surface area contributed by atoms with Crippen LogP contribution in [0.15, 0.2) is 18.2 Å². The van der Waals surface area contributed by atoms with Crippen LogP contribution in [0.3, 0.4) is 0 Å². The van der Waals surface area contributed by atoms with Crippen molar-refractivity contribution in [3.8, 4) is 5.75 Å². The van der Waals surface area contributed by atoms with Gasteiger partial charge in [-0.25, -0.2) is 0 Å². The van der Waals surface area contributed by atoms with Crippen LogP contribution in [0.1, 0.15) is 49.8 Å². The zero-order valence-electron chi connectivity index (χ0n) is 12.7. The van der Waals surface area contributed by atoms with E-state index in [1.165, 1.54) is 11.1 Å². The molecule has 0 heterocycles. The molecule has 1 amide bonds. The predicted octanol–water partition coefficient (Wildman–Crippen LogP) is 2.41. The third-order valence-corrected chi connectivity index (χ3v) is 4.51. The topological polar surface area (TPSA) is 55.6 Å². The molecule has 0 aromatic heterocycles. The molecule has 114 valence electrons. The maximum atomic E-state index is 12.2. The Morgan fingerprint density at radius 3 is 2.90 bits per heavy atom. The van der Waals surface area contributed by atoms with Gasteiger partial charge in [0.2, 0.25) is 0 Å². The molecule has 1 unspecified atom stereocenters. The molecule has 0 spiro atoms. The number of amides is 1. The van der Waals surface area contributed by atoms with Crippen molar-refractivity contribution in [3.63, 3.8) is 0 Å². The normalized spacial score (nSPS) is 20.8. The molecule has 1 atom stereocenters. The molecule has 0 saturated heterocycles. The molecule has 1 saturated carbocycles. The molecule has 2 aliphatic rings. The van der Waals surface area contributed by atoms with Crippen molar-refractivity contribution in [2.24, 2.45) is 5.73 Å². The summed E-state index contributed by atoms with van der Waals surface area (Å²) < 4.78 is 5.83. The Hall–Kier alpha value is -1.55. The Kier molecular flexibility index (Phi) is 4.15. The molecule has 2 aliphatic carbocycles. The van der Waals surface area contributed by atoms with Crippen molar-refractivity contribution in [2.75, 3.05) is 13.2 Å². The van der Waals surface area contributed by atoms with Crippen LogP contribution >= 0.6 is 0 Å². The van der Waals surface area contributed by atoms with Gasteiger partial charge in [0, 0.05) is 18.6 Å². The Labute approximate surface area is 126 Å². The molecule has 3 rings (SSSR count). The van der Waals surface area contributed by atoms with E-state index in [2.05, 4.69) is 6.07 Å². The molecule has 0 radical (unpaired) electrons. The fraction of sp³-hybridized carbons (Fsp3) is 0.588. The predicted molar refractivity (Wildman–Crippen MR) is 82.2 cm³/mol. The molecule has 1 aromatic carbocycles. The highest BCUT2D eigenvalue weighted by Crippen LogP contribution is 2.34. The van der Waals surface area contributed by atoms with Crippen LogP contribution in [0.25, 0.3) is 0 Å². The summed E-state index contributed by atoms with van der Waals surface area (Å²) in [5, 5.41) is 0. The van der Waals surface area contributed by atoms with Gasteiger partial charge in [-0.3, -0.25) is 4.79 Å². The number of benzene rings is 1. The average Bonchev–Trinajstić information content (AvgIpc) is 3.31. The lowest BCUT2D eigenvalue weighted by atomic mass is 9.88. The number of nitrogens with two attached hydrogens (primary N) is 1. The number of fused-ring (bicyclic) bond motifs is 1. The van der Waals surface area contributed by atoms with Crippen molar-refractivity contribution < 1.29 is 9.53 Å². The van der Waals surface area contributed by atoms with E-state index in [-0.39, 0.29) is 18.6 Å². The van der Waals surface area contributed by atoms with Gasteiger partial charge in [0.1, 0.15) is 5.75 Å². The maximum Gasteiger partial charge on any atom is 0.260 e. The van der Waals surface area contributed by atoms with Gasteiger partial charge in [-0.2, -0.15) is 0 Å². The molecule has 1 aromatic rings. The fourth-order valence-electron chi connectivity index (χ4n) is 3.23. The smallest absolute Gasteiger partial charge is 0.260 e. The van der Waals surface area contributed by atoms with E-state index in [0.29, 0.717) is 6.04 Å². The number of rotatable bonds is 5. The third-order valence-electron chi connectivity index (χ3n) is 4.51. The van der Waals surface area contributed by atoms with Gasteiger partial charge in [0.15, 0.2) is 6.61 Å². The number of carbonyl (C=O) groups excluding carboxylic acids is 1. The van der Waals surface area contributed by atoms with Gasteiger partial charge in [-0.1, -0.05) is 12.1 Å². The Balaban J connectivity index is 1.68. The van der Waals surface area contributed by atoms with E-state index < -0.39 is 0 Å². The van der Waals surface area contributed by atoms with Gasteiger partial charge in [-0.05, 0) is 56.2 Å². The van der Waals surface area contributed by atoms with Crippen LogP contribution in [0.4, 0.5) is 0 Å². The van der Waals surface area contributed by atoms with Crippen LogP contribution in [0.5, 0.6) is 5.75 Å². The van der Waals surface area contributed by atoms with Crippen LogP contribution in [-0.2, 0) is 11.2 Å². The van der Waals surface area contributed by atoms with Crippen molar-refractivity contribution in [2.45, 2.75) is 51.1 Å². The number of nitrogens with zero attached hydrogens (tertiary/aromatic N) is 1. The molecular formula is C17H24N2O2. The minimum atomic E-state index is 0.0951. The number of hydrogen-bond donors (Lipinski definition) is 1. The van der Waals surface area contributed by atoms with Gasteiger partial charge < -0.3 is 15.4 Å². The second-order valence-corrected chi connectivity index (χ2v) is 6.02. The van der Waals surface area contributed by atoms with E-state index in [4.69, 9.17) is 10.5 Å². The summed E-state index contributed by atoms with van der Waals surface area (Å²) in [5.41, 5.74) is 8.53. The van der Waals surface area contributed by atoms with Gasteiger partial charge >= 0.3 is 0 Å². The highest BCUT2D eigenvalue weighted by atomic mass is 16.5. The minimum Gasteiger partial charge on any atom is -0.483 e. The monoisotopic (exact) mass is 288 g/mol. The van der Waals surface area contributed by atoms with E-state index in [1.54, 1.807) is 0 Å². The first-order valence-corrected chi connectivity index (χ1v) is 8.00. The fourth-order valence-corrected chi connectivity index (χ4v) is 3.23.